The monoisotopic (exact) mass is 503 g/mol. The van der Waals surface area contributed by atoms with Crippen molar-refractivity contribution in [2.45, 2.75) is 19.4 Å². The van der Waals surface area contributed by atoms with E-state index < -0.39 is 5.60 Å². The lowest BCUT2D eigenvalue weighted by molar-refractivity contribution is 0.0677. The lowest BCUT2D eigenvalue weighted by Gasteiger charge is -2.21. The third-order valence-corrected chi connectivity index (χ3v) is 4.34. The molecule has 2 aromatic heterocycles. The number of hydrogen-bond acceptors (Lipinski definition) is 5. The van der Waals surface area contributed by atoms with Gasteiger partial charge in [0.05, 0.1) is 12.1 Å². The third kappa shape index (κ3) is 7.81. The van der Waals surface area contributed by atoms with Crippen LogP contribution in [0.2, 0.25) is 0 Å². The number of nitrogens with zero attached hydrogens (tertiary/aromatic N) is 2. The van der Waals surface area contributed by atoms with Crippen LogP contribution < -0.4 is 16.0 Å². The van der Waals surface area contributed by atoms with Crippen LogP contribution in [-0.2, 0) is 5.60 Å². The summed E-state index contributed by atoms with van der Waals surface area (Å²) in [5.74, 6) is 0.431. The Hall–Kier alpha value is -1.72. The predicted octanol–water partition coefficient (Wildman–Crippen LogP) is 1.95. The molecule has 0 aliphatic rings. The Morgan fingerprint density at radius 2 is 2.07 bits per heavy atom. The van der Waals surface area contributed by atoms with Crippen molar-refractivity contribution in [2.24, 2.45) is 4.99 Å². The smallest absolute Gasteiger partial charge is 0.252 e. The molecule has 0 saturated carbocycles. The van der Waals surface area contributed by atoms with Crippen LogP contribution in [0.4, 0.5) is 0 Å². The minimum atomic E-state index is -1.02. The number of guanidine groups is 1. The first kappa shape index (κ1) is 23.3. The van der Waals surface area contributed by atoms with E-state index in [1.807, 2.05) is 23.8 Å². The van der Waals surface area contributed by atoms with Crippen LogP contribution in [0.1, 0.15) is 29.8 Å². The maximum atomic E-state index is 11.9. The number of nitrogens with one attached hydrogen (secondary N) is 3. The van der Waals surface area contributed by atoms with Gasteiger partial charge in [-0.25, -0.2) is 4.99 Å². The van der Waals surface area contributed by atoms with Crippen molar-refractivity contribution in [1.29, 1.82) is 0 Å². The molecule has 9 heteroatoms. The molecule has 0 spiro atoms. The summed E-state index contributed by atoms with van der Waals surface area (Å²) < 4.78 is 0. The van der Waals surface area contributed by atoms with Gasteiger partial charge < -0.3 is 21.1 Å². The van der Waals surface area contributed by atoms with Crippen molar-refractivity contribution >= 4 is 47.2 Å². The molecule has 148 valence electrons. The minimum absolute atomic E-state index is 0. The zero-order chi connectivity index (χ0) is 18.8. The van der Waals surface area contributed by atoms with Crippen molar-refractivity contribution in [3.63, 3.8) is 0 Å². The highest BCUT2D eigenvalue weighted by molar-refractivity contribution is 14.0. The van der Waals surface area contributed by atoms with Crippen LogP contribution in [0.3, 0.4) is 0 Å². The quantitative estimate of drug-likeness (QED) is 0.191. The highest BCUT2D eigenvalue weighted by Crippen LogP contribution is 2.23. The number of carbonyl (C=O) groups is 1. The van der Waals surface area contributed by atoms with Gasteiger partial charge in [-0.05, 0) is 48.4 Å². The van der Waals surface area contributed by atoms with E-state index in [2.05, 4.69) is 25.9 Å². The summed E-state index contributed by atoms with van der Waals surface area (Å²) in [6.45, 7) is 5.61. The fourth-order valence-corrected chi connectivity index (χ4v) is 2.98. The Labute approximate surface area is 180 Å². The highest BCUT2D eigenvalue weighted by atomic mass is 127. The lowest BCUT2D eigenvalue weighted by atomic mass is 10.00. The highest BCUT2D eigenvalue weighted by Gasteiger charge is 2.23. The van der Waals surface area contributed by atoms with E-state index in [1.165, 1.54) is 6.20 Å². The zero-order valence-corrected chi connectivity index (χ0v) is 18.6. The van der Waals surface area contributed by atoms with Gasteiger partial charge in [-0.1, -0.05) is 0 Å². The average Bonchev–Trinajstić information content (AvgIpc) is 3.19. The second kappa shape index (κ2) is 11.9. The maximum Gasteiger partial charge on any atom is 0.252 e. The maximum absolute atomic E-state index is 11.9. The first-order valence-electron chi connectivity index (χ1n) is 8.48. The van der Waals surface area contributed by atoms with Crippen LogP contribution in [-0.4, -0.2) is 48.1 Å². The number of rotatable bonds is 8. The van der Waals surface area contributed by atoms with E-state index in [0.717, 1.165) is 5.56 Å². The van der Waals surface area contributed by atoms with Crippen LogP contribution in [0.15, 0.2) is 46.3 Å². The summed E-state index contributed by atoms with van der Waals surface area (Å²) >= 11 is 1.54. The molecule has 2 rings (SSSR count). The van der Waals surface area contributed by atoms with Crippen LogP contribution in [0, 0.1) is 0 Å². The van der Waals surface area contributed by atoms with Gasteiger partial charge in [0.2, 0.25) is 0 Å². The molecule has 0 fully saturated rings. The Morgan fingerprint density at radius 3 is 2.70 bits per heavy atom. The first-order valence-corrected chi connectivity index (χ1v) is 9.42. The van der Waals surface area contributed by atoms with E-state index in [1.54, 1.807) is 36.6 Å². The van der Waals surface area contributed by atoms with Gasteiger partial charge in [0.25, 0.3) is 5.91 Å². The normalized spacial score (nSPS) is 13.2. The van der Waals surface area contributed by atoms with E-state index in [0.29, 0.717) is 31.2 Å². The van der Waals surface area contributed by atoms with E-state index >= 15 is 0 Å². The molecule has 2 heterocycles. The minimum Gasteiger partial charge on any atom is -0.383 e. The average molecular weight is 503 g/mol. The summed E-state index contributed by atoms with van der Waals surface area (Å²) in [4.78, 5) is 20.3. The number of carbonyl (C=O) groups excluding carboxylic acids is 1. The molecule has 4 N–H and O–H groups in total. The second-order valence-corrected chi connectivity index (χ2v) is 6.69. The van der Waals surface area contributed by atoms with Crippen LogP contribution >= 0.6 is 35.3 Å². The number of aliphatic imine (C=N–C) groups is 1. The predicted molar refractivity (Wildman–Crippen MR) is 120 cm³/mol. The molecule has 0 aliphatic heterocycles. The Kier molecular flexibility index (Phi) is 10.3. The summed E-state index contributed by atoms with van der Waals surface area (Å²) in [6, 6.07) is 5.34. The van der Waals surface area contributed by atoms with Crippen molar-refractivity contribution in [3.05, 3.63) is 52.5 Å². The zero-order valence-electron chi connectivity index (χ0n) is 15.4. The lowest BCUT2D eigenvalue weighted by Crippen LogP contribution is -2.42. The molecule has 0 radical (unpaired) electrons. The van der Waals surface area contributed by atoms with Gasteiger partial charge in [0.15, 0.2) is 5.96 Å². The summed E-state index contributed by atoms with van der Waals surface area (Å²) in [7, 11) is 0. The molecule has 7 nitrogen and oxygen atoms in total. The topological polar surface area (TPSA) is 98.6 Å². The molecule has 0 saturated heterocycles. The van der Waals surface area contributed by atoms with Crippen LogP contribution in [0.25, 0.3) is 0 Å². The van der Waals surface area contributed by atoms with Gasteiger partial charge in [-0.2, -0.15) is 11.3 Å². The third-order valence-electron chi connectivity index (χ3n) is 3.66. The molecular formula is C18H26IN5O2S. The number of aliphatic hydroxyl groups is 1. The fraction of sp³-hybridized carbons (Fsp3) is 0.389. The Morgan fingerprint density at radius 1 is 1.30 bits per heavy atom. The molecule has 2 aromatic rings. The van der Waals surface area contributed by atoms with Gasteiger partial charge in [0, 0.05) is 32.0 Å². The van der Waals surface area contributed by atoms with Crippen molar-refractivity contribution in [2.75, 3.05) is 26.2 Å². The van der Waals surface area contributed by atoms with Gasteiger partial charge in [-0.15, -0.1) is 24.0 Å². The number of thiophene rings is 1. The number of aromatic nitrogens is 1. The number of hydrogen-bond donors (Lipinski definition) is 4. The standard InChI is InChI=1S/C18H25N5O2S.HI/c1-3-20-17(23-13-18(2,25)15-6-10-26-12-15)22-9-8-21-16(24)14-5-4-7-19-11-14;/h4-7,10-12,25H,3,8-9,13H2,1-2H3,(H,21,24)(H2,20,22,23);1H. The molecule has 1 atom stereocenters. The largest absolute Gasteiger partial charge is 0.383 e. The van der Waals surface area contributed by atoms with E-state index in [4.69, 9.17) is 0 Å². The molecule has 27 heavy (non-hydrogen) atoms. The van der Waals surface area contributed by atoms with E-state index in [9.17, 15) is 9.90 Å². The van der Waals surface area contributed by atoms with E-state index in [-0.39, 0.29) is 36.4 Å². The number of pyridine rings is 1. The Bertz CT molecular complexity index is 708. The summed E-state index contributed by atoms with van der Waals surface area (Å²) in [5.41, 5.74) is 0.363. The van der Waals surface area contributed by atoms with Crippen molar-refractivity contribution < 1.29 is 9.90 Å². The molecule has 0 bridgehead atoms. The van der Waals surface area contributed by atoms with Crippen LogP contribution in [0.5, 0.6) is 0 Å². The van der Waals surface area contributed by atoms with Gasteiger partial charge >= 0.3 is 0 Å². The Balaban J connectivity index is 0.00000364. The fourth-order valence-electron chi connectivity index (χ4n) is 2.19. The number of amides is 1. The first-order chi connectivity index (χ1) is 12.5. The molecule has 1 amide bonds. The summed E-state index contributed by atoms with van der Waals surface area (Å²) in [6.07, 6.45) is 3.16. The van der Waals surface area contributed by atoms with Crippen molar-refractivity contribution in [3.8, 4) is 0 Å². The summed E-state index contributed by atoms with van der Waals surface area (Å²) in [5, 5.41) is 23.5. The SMILES string of the molecule is CCNC(=NCC(C)(O)c1ccsc1)NCCNC(=O)c1cccnc1.I. The molecule has 1 unspecified atom stereocenters. The van der Waals surface area contributed by atoms with Gasteiger partial charge in [0.1, 0.15) is 5.60 Å². The second-order valence-electron chi connectivity index (χ2n) is 5.91. The molecule has 0 aliphatic carbocycles. The van der Waals surface area contributed by atoms with Crippen molar-refractivity contribution in [1.82, 2.24) is 20.9 Å². The molecular weight excluding hydrogens is 477 g/mol. The molecule has 0 aromatic carbocycles. The number of halogens is 1. The van der Waals surface area contributed by atoms with Gasteiger partial charge in [-0.3, -0.25) is 9.78 Å².